The molecule has 2 rings (SSSR count). The molecule has 0 radical (unpaired) electrons. The van der Waals surface area contributed by atoms with E-state index in [0.29, 0.717) is 24.7 Å². The molecule has 0 aliphatic carbocycles. The Hall–Kier alpha value is -2.53. The highest BCUT2D eigenvalue weighted by Gasteiger charge is 2.03. The number of hydrogen-bond donors (Lipinski definition) is 1. The fourth-order valence-electron chi connectivity index (χ4n) is 2.05. The Labute approximate surface area is 148 Å². The molecule has 0 atom stereocenters. The first-order valence-corrected chi connectivity index (χ1v) is 8.47. The highest BCUT2D eigenvalue weighted by atomic mass is 16.5. The van der Waals surface area contributed by atoms with Gasteiger partial charge in [-0.3, -0.25) is 4.79 Å². The Morgan fingerprint density at radius 1 is 0.960 bits per heavy atom. The van der Waals surface area contributed by atoms with Gasteiger partial charge < -0.3 is 19.5 Å². The van der Waals surface area contributed by atoms with Crippen molar-refractivity contribution in [3.05, 3.63) is 54.6 Å². The number of nitrogens with one attached hydrogen (secondary N) is 1. The molecule has 0 saturated carbocycles. The highest BCUT2D eigenvalue weighted by Crippen LogP contribution is 2.23. The van der Waals surface area contributed by atoms with Gasteiger partial charge in [-0.05, 0) is 56.7 Å². The predicted molar refractivity (Wildman–Crippen MR) is 97.2 cm³/mol. The van der Waals surface area contributed by atoms with Crippen molar-refractivity contribution >= 4 is 5.91 Å². The molecule has 0 fully saturated rings. The van der Waals surface area contributed by atoms with E-state index in [-0.39, 0.29) is 18.6 Å². The zero-order valence-electron chi connectivity index (χ0n) is 14.7. The Bertz CT molecular complexity index is 626. The summed E-state index contributed by atoms with van der Waals surface area (Å²) in [5.41, 5.74) is 0. The van der Waals surface area contributed by atoms with E-state index in [1.54, 1.807) is 12.1 Å². The third-order valence-electron chi connectivity index (χ3n) is 3.27. The van der Waals surface area contributed by atoms with Gasteiger partial charge in [0, 0.05) is 13.2 Å². The lowest BCUT2D eigenvalue weighted by Crippen LogP contribution is -2.30. The summed E-state index contributed by atoms with van der Waals surface area (Å²) in [5.74, 6) is 1.97. The average molecular weight is 343 g/mol. The molecule has 0 aliphatic heterocycles. The summed E-state index contributed by atoms with van der Waals surface area (Å²) in [6.45, 7) is 5.19. The van der Waals surface area contributed by atoms with Crippen LogP contribution in [0.25, 0.3) is 0 Å². The maximum Gasteiger partial charge on any atom is 0.257 e. The maximum atomic E-state index is 11.7. The third kappa shape index (κ3) is 7.72. The van der Waals surface area contributed by atoms with Crippen LogP contribution in [0.4, 0.5) is 0 Å². The molecule has 0 heterocycles. The summed E-state index contributed by atoms with van der Waals surface area (Å²) in [4.78, 5) is 11.7. The number of ether oxygens (including phenoxy) is 3. The van der Waals surface area contributed by atoms with Crippen LogP contribution in [-0.4, -0.2) is 31.8 Å². The van der Waals surface area contributed by atoms with Crippen molar-refractivity contribution in [2.45, 2.75) is 26.4 Å². The van der Waals surface area contributed by atoms with E-state index >= 15 is 0 Å². The molecule has 134 valence electrons. The molecule has 0 spiro atoms. The first kappa shape index (κ1) is 18.8. The standard InChI is InChI=1S/C20H25NO4/c1-16(2)23-14-6-13-21-20(22)15-24-17-9-11-19(12-10-17)25-18-7-4-3-5-8-18/h3-5,7-12,16H,6,13-15H2,1-2H3,(H,21,22). The fraction of sp³-hybridized carbons (Fsp3) is 0.350. The van der Waals surface area contributed by atoms with Crippen molar-refractivity contribution in [1.29, 1.82) is 0 Å². The zero-order valence-corrected chi connectivity index (χ0v) is 14.7. The van der Waals surface area contributed by atoms with Gasteiger partial charge in [-0.2, -0.15) is 0 Å². The van der Waals surface area contributed by atoms with Crippen LogP contribution in [-0.2, 0) is 9.53 Å². The lowest BCUT2D eigenvalue weighted by molar-refractivity contribution is -0.123. The van der Waals surface area contributed by atoms with Crippen LogP contribution in [0.3, 0.4) is 0 Å². The Morgan fingerprint density at radius 3 is 2.28 bits per heavy atom. The second kappa shape index (κ2) is 10.4. The van der Waals surface area contributed by atoms with E-state index in [4.69, 9.17) is 14.2 Å². The molecule has 0 aliphatic rings. The number of hydrogen-bond acceptors (Lipinski definition) is 4. The predicted octanol–water partition coefficient (Wildman–Crippen LogP) is 3.79. The van der Waals surface area contributed by atoms with Gasteiger partial charge in [0.05, 0.1) is 6.10 Å². The van der Waals surface area contributed by atoms with Gasteiger partial charge in [0.1, 0.15) is 17.2 Å². The minimum absolute atomic E-state index is 0.00999. The summed E-state index contributed by atoms with van der Waals surface area (Å²) in [6.07, 6.45) is 1.00. The number of carbonyl (C=O) groups is 1. The molecule has 1 N–H and O–H groups in total. The molecule has 0 bridgehead atoms. The third-order valence-corrected chi connectivity index (χ3v) is 3.27. The quantitative estimate of drug-likeness (QED) is 0.667. The van der Waals surface area contributed by atoms with Crippen molar-refractivity contribution in [3.63, 3.8) is 0 Å². The van der Waals surface area contributed by atoms with E-state index in [9.17, 15) is 4.79 Å². The molecule has 5 nitrogen and oxygen atoms in total. The largest absolute Gasteiger partial charge is 0.484 e. The average Bonchev–Trinajstić information content (AvgIpc) is 2.61. The van der Waals surface area contributed by atoms with Crippen molar-refractivity contribution in [1.82, 2.24) is 5.32 Å². The van der Waals surface area contributed by atoms with Crippen LogP contribution in [0.1, 0.15) is 20.3 Å². The number of rotatable bonds is 10. The number of para-hydroxylation sites is 1. The normalized spacial score (nSPS) is 10.5. The SMILES string of the molecule is CC(C)OCCCNC(=O)COc1ccc(Oc2ccccc2)cc1. The first-order chi connectivity index (χ1) is 12.1. The molecule has 2 aromatic carbocycles. The summed E-state index contributed by atoms with van der Waals surface area (Å²) in [6, 6.07) is 16.7. The van der Waals surface area contributed by atoms with E-state index < -0.39 is 0 Å². The van der Waals surface area contributed by atoms with Crippen LogP contribution in [0.5, 0.6) is 17.2 Å². The van der Waals surface area contributed by atoms with Gasteiger partial charge in [0.2, 0.25) is 0 Å². The van der Waals surface area contributed by atoms with Crippen molar-refractivity contribution in [2.24, 2.45) is 0 Å². The van der Waals surface area contributed by atoms with Gasteiger partial charge >= 0.3 is 0 Å². The number of carbonyl (C=O) groups excluding carboxylic acids is 1. The Kier molecular flexibility index (Phi) is 7.79. The van der Waals surface area contributed by atoms with E-state index in [1.807, 2.05) is 56.3 Å². The Balaban J connectivity index is 1.66. The molecular formula is C20H25NO4. The minimum atomic E-state index is -0.144. The first-order valence-electron chi connectivity index (χ1n) is 8.47. The fourth-order valence-corrected chi connectivity index (χ4v) is 2.05. The molecule has 0 unspecified atom stereocenters. The zero-order chi connectivity index (χ0) is 17.9. The number of benzene rings is 2. The summed E-state index contributed by atoms with van der Waals surface area (Å²) >= 11 is 0. The summed E-state index contributed by atoms with van der Waals surface area (Å²) < 4.78 is 16.6. The highest BCUT2D eigenvalue weighted by molar-refractivity contribution is 5.77. The smallest absolute Gasteiger partial charge is 0.257 e. The van der Waals surface area contributed by atoms with Crippen molar-refractivity contribution < 1.29 is 19.0 Å². The van der Waals surface area contributed by atoms with E-state index in [1.165, 1.54) is 0 Å². The van der Waals surface area contributed by atoms with Crippen LogP contribution >= 0.6 is 0 Å². The summed E-state index contributed by atoms with van der Waals surface area (Å²) in [5, 5.41) is 2.80. The lowest BCUT2D eigenvalue weighted by atomic mass is 10.3. The molecule has 2 aromatic rings. The van der Waals surface area contributed by atoms with Gasteiger partial charge in [-0.15, -0.1) is 0 Å². The monoisotopic (exact) mass is 343 g/mol. The Morgan fingerprint density at radius 2 is 1.60 bits per heavy atom. The topological polar surface area (TPSA) is 56.8 Å². The van der Waals surface area contributed by atoms with Crippen molar-refractivity contribution in [3.8, 4) is 17.2 Å². The van der Waals surface area contributed by atoms with Crippen LogP contribution < -0.4 is 14.8 Å². The molecule has 0 saturated heterocycles. The van der Waals surface area contributed by atoms with Gasteiger partial charge in [0.25, 0.3) is 5.91 Å². The number of amides is 1. The second-order valence-corrected chi connectivity index (χ2v) is 5.80. The molecule has 1 amide bonds. The molecular weight excluding hydrogens is 318 g/mol. The van der Waals surface area contributed by atoms with Crippen LogP contribution in [0.15, 0.2) is 54.6 Å². The van der Waals surface area contributed by atoms with Gasteiger partial charge in [0.15, 0.2) is 6.61 Å². The summed E-state index contributed by atoms with van der Waals surface area (Å²) in [7, 11) is 0. The molecule has 5 heteroatoms. The van der Waals surface area contributed by atoms with E-state index in [2.05, 4.69) is 5.32 Å². The van der Waals surface area contributed by atoms with Gasteiger partial charge in [-0.25, -0.2) is 0 Å². The lowest BCUT2D eigenvalue weighted by Gasteiger charge is -2.10. The molecule has 25 heavy (non-hydrogen) atoms. The van der Waals surface area contributed by atoms with E-state index in [0.717, 1.165) is 12.2 Å². The maximum absolute atomic E-state index is 11.7. The van der Waals surface area contributed by atoms with Gasteiger partial charge in [-0.1, -0.05) is 18.2 Å². The minimum Gasteiger partial charge on any atom is -0.484 e. The molecule has 0 aromatic heterocycles. The second-order valence-electron chi connectivity index (χ2n) is 5.80. The van der Waals surface area contributed by atoms with Crippen LogP contribution in [0, 0.1) is 0 Å². The van der Waals surface area contributed by atoms with Crippen molar-refractivity contribution in [2.75, 3.05) is 19.8 Å². The van der Waals surface area contributed by atoms with Crippen LogP contribution in [0.2, 0.25) is 0 Å².